The summed E-state index contributed by atoms with van der Waals surface area (Å²) in [5, 5.41) is 0.440. The number of hydrogen-bond acceptors (Lipinski definition) is 3. The Balaban J connectivity index is 2.34. The minimum Gasteiger partial charge on any atom is -0.341 e. The summed E-state index contributed by atoms with van der Waals surface area (Å²) >= 11 is 6.04. The zero-order valence-corrected chi connectivity index (χ0v) is 16.2. The lowest BCUT2D eigenvalue weighted by Gasteiger charge is -2.36. The molecule has 0 aliphatic carbocycles. The van der Waals surface area contributed by atoms with Crippen LogP contribution < -0.4 is 4.31 Å². The van der Waals surface area contributed by atoms with Gasteiger partial charge in [-0.25, -0.2) is 8.42 Å². The van der Waals surface area contributed by atoms with E-state index in [0.717, 1.165) is 24.7 Å². The molecule has 1 saturated heterocycles. The van der Waals surface area contributed by atoms with Gasteiger partial charge < -0.3 is 4.90 Å². The molecule has 5 nitrogen and oxygen atoms in total. The molecule has 1 unspecified atom stereocenters. The molecule has 134 valence electrons. The van der Waals surface area contributed by atoms with Crippen molar-refractivity contribution in [1.29, 1.82) is 0 Å². The number of anilines is 1. The molecule has 1 amide bonds. The smallest absolute Gasteiger partial charge is 0.246 e. The van der Waals surface area contributed by atoms with Crippen molar-refractivity contribution in [3.63, 3.8) is 0 Å². The number of sulfonamides is 1. The molecule has 1 aliphatic heterocycles. The Kier molecular flexibility index (Phi) is 5.81. The van der Waals surface area contributed by atoms with Gasteiger partial charge in [-0.05, 0) is 50.3 Å². The van der Waals surface area contributed by atoms with E-state index in [1.54, 1.807) is 30.0 Å². The van der Waals surface area contributed by atoms with Gasteiger partial charge in [-0.15, -0.1) is 0 Å². The predicted molar refractivity (Wildman–Crippen MR) is 98.0 cm³/mol. The van der Waals surface area contributed by atoms with Crippen molar-refractivity contribution in [3.05, 3.63) is 28.8 Å². The van der Waals surface area contributed by atoms with Crippen LogP contribution in [0.25, 0.3) is 0 Å². The third-order valence-corrected chi connectivity index (χ3v) is 6.03. The summed E-state index contributed by atoms with van der Waals surface area (Å²) in [6.45, 7) is 6.97. The molecule has 0 spiro atoms. The van der Waals surface area contributed by atoms with Gasteiger partial charge in [0.2, 0.25) is 15.9 Å². The molecule has 1 aliphatic rings. The second-order valence-electron chi connectivity index (χ2n) is 6.67. The van der Waals surface area contributed by atoms with Crippen LogP contribution in [-0.4, -0.2) is 44.6 Å². The van der Waals surface area contributed by atoms with Crippen LogP contribution in [0.2, 0.25) is 5.02 Å². The molecule has 7 heteroatoms. The highest BCUT2D eigenvalue weighted by Gasteiger charge is 2.33. The third-order valence-electron chi connectivity index (χ3n) is 4.57. The molecule has 24 heavy (non-hydrogen) atoms. The molecular formula is C17H25ClN2O3S. The van der Waals surface area contributed by atoms with Crippen LogP contribution in [0.5, 0.6) is 0 Å². The van der Waals surface area contributed by atoms with Crippen LogP contribution in [0.15, 0.2) is 18.2 Å². The predicted octanol–water partition coefficient (Wildman–Crippen LogP) is 3.06. The van der Waals surface area contributed by atoms with E-state index in [1.807, 2.05) is 6.92 Å². The first-order chi connectivity index (χ1) is 11.1. The number of nitrogens with zero attached hydrogens (tertiary/aromatic N) is 2. The fourth-order valence-corrected chi connectivity index (χ4v) is 4.47. The number of hydrogen-bond donors (Lipinski definition) is 0. The van der Waals surface area contributed by atoms with Crippen LogP contribution in [0.1, 0.15) is 32.3 Å². The summed E-state index contributed by atoms with van der Waals surface area (Å²) < 4.78 is 26.0. The van der Waals surface area contributed by atoms with Crippen molar-refractivity contribution in [2.24, 2.45) is 5.92 Å². The zero-order valence-electron chi connectivity index (χ0n) is 14.6. The monoisotopic (exact) mass is 372 g/mol. The fraction of sp³-hybridized carbons (Fsp3) is 0.588. The number of halogens is 1. The second-order valence-corrected chi connectivity index (χ2v) is 8.97. The normalized spacial score (nSPS) is 17.6. The minimum atomic E-state index is -3.62. The molecule has 2 rings (SSSR count). The summed E-state index contributed by atoms with van der Waals surface area (Å²) in [6, 6.07) is 4.26. The topological polar surface area (TPSA) is 57.7 Å². The molecule has 1 fully saturated rings. The Labute approximate surface area is 149 Å². The average molecular weight is 373 g/mol. The lowest BCUT2D eigenvalue weighted by Crippen LogP contribution is -2.51. The van der Waals surface area contributed by atoms with E-state index < -0.39 is 16.1 Å². The second kappa shape index (κ2) is 7.31. The van der Waals surface area contributed by atoms with Gasteiger partial charge in [0.05, 0.1) is 11.9 Å². The Morgan fingerprint density at radius 2 is 1.92 bits per heavy atom. The van der Waals surface area contributed by atoms with Gasteiger partial charge in [-0.1, -0.05) is 24.6 Å². The number of carbonyl (C=O) groups is 1. The summed E-state index contributed by atoms with van der Waals surface area (Å²) in [7, 11) is -3.62. The minimum absolute atomic E-state index is 0.160. The van der Waals surface area contributed by atoms with Gasteiger partial charge in [0.1, 0.15) is 6.04 Å². The number of benzene rings is 1. The van der Waals surface area contributed by atoms with Gasteiger partial charge in [0, 0.05) is 18.1 Å². The maximum Gasteiger partial charge on any atom is 0.246 e. The van der Waals surface area contributed by atoms with Gasteiger partial charge in [-0.3, -0.25) is 9.10 Å². The summed E-state index contributed by atoms with van der Waals surface area (Å²) in [5.74, 6) is 0.442. The van der Waals surface area contributed by atoms with Crippen molar-refractivity contribution >= 4 is 33.2 Å². The van der Waals surface area contributed by atoms with E-state index in [-0.39, 0.29) is 5.91 Å². The van der Waals surface area contributed by atoms with E-state index in [9.17, 15) is 13.2 Å². The fourth-order valence-electron chi connectivity index (χ4n) is 3.09. The number of aryl methyl sites for hydroxylation is 1. The highest BCUT2D eigenvalue weighted by atomic mass is 35.5. The number of rotatable bonds is 4. The van der Waals surface area contributed by atoms with E-state index in [1.165, 1.54) is 4.31 Å². The highest BCUT2D eigenvalue weighted by molar-refractivity contribution is 7.92. The maximum atomic E-state index is 12.8. The highest BCUT2D eigenvalue weighted by Crippen LogP contribution is 2.29. The van der Waals surface area contributed by atoms with Crippen LogP contribution in [0, 0.1) is 12.8 Å². The molecule has 1 aromatic rings. The maximum absolute atomic E-state index is 12.8. The van der Waals surface area contributed by atoms with Crippen molar-refractivity contribution in [3.8, 4) is 0 Å². The Hall–Kier alpha value is -1.27. The molecule has 0 bridgehead atoms. The molecule has 0 radical (unpaired) electrons. The molecule has 0 N–H and O–H groups in total. The van der Waals surface area contributed by atoms with E-state index >= 15 is 0 Å². The van der Waals surface area contributed by atoms with Gasteiger partial charge in [0.25, 0.3) is 0 Å². The average Bonchev–Trinajstić information content (AvgIpc) is 2.49. The standard InChI is InChI=1S/C17H25ClN2O3S/c1-12-7-9-19(10-8-12)17(21)14(3)20(24(4,22)23)16-11-15(18)6-5-13(16)2/h5-6,11-12,14H,7-10H2,1-4H3. The summed E-state index contributed by atoms with van der Waals surface area (Å²) in [4.78, 5) is 14.6. The number of amides is 1. The Bertz CT molecular complexity index is 713. The SMILES string of the molecule is Cc1ccc(Cl)cc1N(C(C)C(=O)N1CCC(C)CC1)S(C)(=O)=O. The Morgan fingerprint density at radius 3 is 2.46 bits per heavy atom. The van der Waals surface area contributed by atoms with E-state index in [2.05, 4.69) is 6.92 Å². The largest absolute Gasteiger partial charge is 0.341 e. The molecular weight excluding hydrogens is 348 g/mol. The Morgan fingerprint density at radius 1 is 1.33 bits per heavy atom. The lowest BCUT2D eigenvalue weighted by molar-refractivity contribution is -0.133. The van der Waals surface area contributed by atoms with Crippen molar-refractivity contribution < 1.29 is 13.2 Å². The van der Waals surface area contributed by atoms with Gasteiger partial charge in [0.15, 0.2) is 0 Å². The van der Waals surface area contributed by atoms with Gasteiger partial charge >= 0.3 is 0 Å². The van der Waals surface area contributed by atoms with Crippen LogP contribution >= 0.6 is 11.6 Å². The van der Waals surface area contributed by atoms with Crippen LogP contribution in [-0.2, 0) is 14.8 Å². The zero-order chi connectivity index (χ0) is 18.1. The molecule has 0 saturated carbocycles. The number of piperidine rings is 1. The third kappa shape index (κ3) is 4.22. The van der Waals surface area contributed by atoms with E-state index in [4.69, 9.17) is 11.6 Å². The molecule has 1 atom stereocenters. The van der Waals surface area contributed by atoms with Crippen molar-refractivity contribution in [2.75, 3.05) is 23.7 Å². The van der Waals surface area contributed by atoms with Crippen LogP contribution in [0.4, 0.5) is 5.69 Å². The number of likely N-dealkylation sites (tertiary alicyclic amines) is 1. The first-order valence-electron chi connectivity index (χ1n) is 8.15. The molecule has 0 aromatic heterocycles. The van der Waals surface area contributed by atoms with Crippen molar-refractivity contribution in [2.45, 2.75) is 39.7 Å². The first-order valence-corrected chi connectivity index (χ1v) is 10.4. The first kappa shape index (κ1) is 19.1. The van der Waals surface area contributed by atoms with Crippen molar-refractivity contribution in [1.82, 2.24) is 4.90 Å². The van der Waals surface area contributed by atoms with Crippen LogP contribution in [0.3, 0.4) is 0 Å². The molecule has 1 aromatic carbocycles. The molecule has 1 heterocycles. The summed E-state index contributed by atoms with van der Waals surface area (Å²) in [6.07, 6.45) is 3.02. The van der Waals surface area contributed by atoms with Gasteiger partial charge in [-0.2, -0.15) is 0 Å². The lowest BCUT2D eigenvalue weighted by atomic mass is 9.99. The summed E-state index contributed by atoms with van der Waals surface area (Å²) in [5.41, 5.74) is 1.22. The number of carbonyl (C=O) groups excluding carboxylic acids is 1. The van der Waals surface area contributed by atoms with E-state index in [0.29, 0.717) is 29.7 Å². The quantitative estimate of drug-likeness (QED) is 0.816.